The molecule has 0 aliphatic carbocycles. The highest BCUT2D eigenvalue weighted by atomic mass is 16.5. The maximum Gasteiger partial charge on any atom is 0.251 e. The fourth-order valence-corrected chi connectivity index (χ4v) is 3.54. The number of fused-ring (bicyclic) bond motifs is 1. The molecule has 0 aliphatic rings. The molecule has 6 heteroatoms. The maximum atomic E-state index is 12.9. The number of benzene rings is 3. The highest BCUT2D eigenvalue weighted by Crippen LogP contribution is 2.26. The van der Waals surface area contributed by atoms with Gasteiger partial charge in [-0.3, -0.25) is 9.89 Å². The van der Waals surface area contributed by atoms with Gasteiger partial charge in [-0.15, -0.1) is 0 Å². The molecule has 30 heavy (non-hydrogen) atoms. The number of nitrogens with two attached hydrogens (primary N) is 1. The van der Waals surface area contributed by atoms with Crippen LogP contribution in [-0.4, -0.2) is 29.8 Å². The van der Waals surface area contributed by atoms with Gasteiger partial charge in [-0.05, 0) is 60.0 Å². The molecular formula is C24H24N4O2. The lowest BCUT2D eigenvalue weighted by molar-refractivity contribution is 0.0938. The highest BCUT2D eigenvalue weighted by Gasteiger charge is 2.16. The average molecular weight is 400 g/mol. The van der Waals surface area contributed by atoms with Crippen molar-refractivity contribution < 1.29 is 9.53 Å². The predicted molar refractivity (Wildman–Crippen MR) is 119 cm³/mol. The Morgan fingerprint density at radius 3 is 2.70 bits per heavy atom. The highest BCUT2D eigenvalue weighted by molar-refractivity contribution is 5.96. The van der Waals surface area contributed by atoms with E-state index in [4.69, 9.17) is 10.5 Å². The molecular weight excluding hydrogens is 376 g/mol. The van der Waals surface area contributed by atoms with E-state index in [1.165, 1.54) is 0 Å². The van der Waals surface area contributed by atoms with Gasteiger partial charge in [-0.2, -0.15) is 5.10 Å². The minimum Gasteiger partial charge on any atom is -0.497 e. The summed E-state index contributed by atoms with van der Waals surface area (Å²) in [5, 5.41) is 11.4. The molecule has 3 aromatic carbocycles. The quantitative estimate of drug-likeness (QED) is 0.456. The van der Waals surface area contributed by atoms with Crippen molar-refractivity contribution in [3.63, 3.8) is 0 Å². The zero-order chi connectivity index (χ0) is 21.1. The zero-order valence-electron chi connectivity index (χ0n) is 17.0. The number of nitrogens with one attached hydrogen (secondary N) is 2. The van der Waals surface area contributed by atoms with Gasteiger partial charge in [0.05, 0.1) is 18.7 Å². The molecule has 0 aliphatic heterocycles. The number of hydrogen-bond acceptors (Lipinski definition) is 4. The molecule has 0 bridgehead atoms. The Morgan fingerprint density at radius 2 is 1.90 bits per heavy atom. The number of H-pyrrole nitrogens is 1. The summed E-state index contributed by atoms with van der Waals surface area (Å²) < 4.78 is 5.28. The second-order valence-electron chi connectivity index (χ2n) is 7.20. The van der Waals surface area contributed by atoms with Gasteiger partial charge in [-0.25, -0.2) is 0 Å². The van der Waals surface area contributed by atoms with Gasteiger partial charge in [0.15, 0.2) is 0 Å². The third kappa shape index (κ3) is 3.90. The van der Waals surface area contributed by atoms with Crippen LogP contribution in [-0.2, 0) is 0 Å². The van der Waals surface area contributed by atoms with E-state index in [2.05, 4.69) is 21.6 Å². The van der Waals surface area contributed by atoms with E-state index >= 15 is 0 Å². The fourth-order valence-electron chi connectivity index (χ4n) is 3.54. The van der Waals surface area contributed by atoms with Gasteiger partial charge in [-0.1, -0.05) is 30.3 Å². The Bertz CT molecular complexity index is 1200. The van der Waals surface area contributed by atoms with E-state index < -0.39 is 0 Å². The monoisotopic (exact) mass is 400 g/mol. The topological polar surface area (TPSA) is 93.0 Å². The summed E-state index contributed by atoms with van der Waals surface area (Å²) in [6, 6.07) is 20.9. The van der Waals surface area contributed by atoms with Crippen molar-refractivity contribution in [3.8, 4) is 16.9 Å². The Morgan fingerprint density at radius 1 is 1.10 bits per heavy atom. The molecule has 0 saturated heterocycles. The number of carbonyl (C=O) groups excluding carboxylic acids is 1. The summed E-state index contributed by atoms with van der Waals surface area (Å²) >= 11 is 0. The van der Waals surface area contributed by atoms with E-state index in [9.17, 15) is 4.79 Å². The number of aromatic nitrogens is 2. The largest absolute Gasteiger partial charge is 0.497 e. The normalized spacial score (nSPS) is 12.0. The molecule has 0 fully saturated rings. The SMILES string of the molecule is COc1cccc(C(CN)NC(=O)c2cccc(-c3ccc4n[nH]c(C)c4c3)c2)c1. The first kappa shape index (κ1) is 19.7. The molecule has 6 nitrogen and oxygen atoms in total. The van der Waals surface area contributed by atoms with Gasteiger partial charge in [0.25, 0.3) is 5.91 Å². The first-order chi connectivity index (χ1) is 14.6. The number of hydrogen-bond donors (Lipinski definition) is 3. The number of ether oxygens (including phenoxy) is 1. The number of methoxy groups -OCH3 is 1. The number of aromatic amines is 1. The van der Waals surface area contributed by atoms with Crippen LogP contribution in [0, 0.1) is 6.92 Å². The van der Waals surface area contributed by atoms with Gasteiger partial charge >= 0.3 is 0 Å². The van der Waals surface area contributed by atoms with Gasteiger partial charge in [0.1, 0.15) is 5.75 Å². The van der Waals surface area contributed by atoms with Crippen molar-refractivity contribution in [1.29, 1.82) is 0 Å². The van der Waals surface area contributed by atoms with Crippen molar-refractivity contribution in [1.82, 2.24) is 15.5 Å². The van der Waals surface area contributed by atoms with E-state index in [1.54, 1.807) is 13.2 Å². The first-order valence-corrected chi connectivity index (χ1v) is 9.79. The van der Waals surface area contributed by atoms with Crippen LogP contribution in [0.5, 0.6) is 5.75 Å². The summed E-state index contributed by atoms with van der Waals surface area (Å²) in [7, 11) is 1.61. The van der Waals surface area contributed by atoms with Crippen LogP contribution >= 0.6 is 0 Å². The van der Waals surface area contributed by atoms with Crippen LogP contribution in [0.15, 0.2) is 66.7 Å². The number of amides is 1. The lowest BCUT2D eigenvalue weighted by atomic mass is 10.0. The molecule has 1 atom stereocenters. The van der Waals surface area contributed by atoms with Crippen LogP contribution in [0.25, 0.3) is 22.0 Å². The van der Waals surface area contributed by atoms with Gasteiger partial charge < -0.3 is 15.8 Å². The third-order valence-corrected chi connectivity index (χ3v) is 5.24. The van der Waals surface area contributed by atoms with Gasteiger partial charge in [0, 0.05) is 23.2 Å². The Hall–Kier alpha value is -3.64. The molecule has 0 saturated carbocycles. The molecule has 1 amide bonds. The average Bonchev–Trinajstić information content (AvgIpc) is 3.17. The third-order valence-electron chi connectivity index (χ3n) is 5.24. The zero-order valence-corrected chi connectivity index (χ0v) is 17.0. The summed E-state index contributed by atoms with van der Waals surface area (Å²) in [5.74, 6) is 0.558. The number of carbonyl (C=O) groups is 1. The predicted octanol–water partition coefficient (Wildman–Crippen LogP) is 3.98. The first-order valence-electron chi connectivity index (χ1n) is 9.79. The standard InChI is InChI=1S/C24H24N4O2/c1-15-21-13-17(9-10-22(21)28-27-15)16-5-3-7-19(11-16)24(29)26-23(14-25)18-6-4-8-20(12-18)30-2/h3-13,23H,14,25H2,1-2H3,(H,26,29)(H,27,28). The van der Waals surface area contributed by atoms with Crippen molar-refractivity contribution in [2.24, 2.45) is 5.73 Å². The van der Waals surface area contributed by atoms with Crippen LogP contribution in [0.4, 0.5) is 0 Å². The van der Waals surface area contributed by atoms with Crippen molar-refractivity contribution in [2.45, 2.75) is 13.0 Å². The summed E-state index contributed by atoms with van der Waals surface area (Å²) in [5.41, 5.74) is 11.4. The lowest BCUT2D eigenvalue weighted by Crippen LogP contribution is -2.33. The van der Waals surface area contributed by atoms with Crippen molar-refractivity contribution in [2.75, 3.05) is 13.7 Å². The van der Waals surface area contributed by atoms with E-state index in [1.807, 2.05) is 61.5 Å². The molecule has 0 radical (unpaired) electrons. The Labute approximate surface area is 175 Å². The Kier molecular flexibility index (Phi) is 5.50. The van der Waals surface area contributed by atoms with Crippen LogP contribution in [0.1, 0.15) is 27.7 Å². The second kappa shape index (κ2) is 8.39. The van der Waals surface area contributed by atoms with Gasteiger partial charge in [0.2, 0.25) is 0 Å². The molecule has 152 valence electrons. The molecule has 1 aromatic heterocycles. The summed E-state index contributed by atoms with van der Waals surface area (Å²) in [6.07, 6.45) is 0. The van der Waals surface area contributed by atoms with Crippen molar-refractivity contribution >= 4 is 16.8 Å². The maximum absolute atomic E-state index is 12.9. The molecule has 1 heterocycles. The smallest absolute Gasteiger partial charge is 0.251 e. The Balaban J connectivity index is 1.59. The molecule has 4 N–H and O–H groups in total. The van der Waals surface area contributed by atoms with E-state index in [0.29, 0.717) is 5.56 Å². The van der Waals surface area contributed by atoms with E-state index in [0.717, 1.165) is 39.0 Å². The minimum atomic E-state index is -0.304. The van der Waals surface area contributed by atoms with Crippen molar-refractivity contribution in [3.05, 3.63) is 83.6 Å². The lowest BCUT2D eigenvalue weighted by Gasteiger charge is -2.18. The fraction of sp³-hybridized carbons (Fsp3) is 0.167. The second-order valence-corrected chi connectivity index (χ2v) is 7.20. The van der Waals surface area contributed by atoms with Crippen LogP contribution in [0.2, 0.25) is 0 Å². The number of nitrogens with zero attached hydrogens (tertiary/aromatic N) is 1. The molecule has 4 aromatic rings. The molecule has 1 unspecified atom stereocenters. The van der Waals surface area contributed by atoms with E-state index in [-0.39, 0.29) is 18.5 Å². The van der Waals surface area contributed by atoms with Crippen LogP contribution in [0.3, 0.4) is 0 Å². The van der Waals surface area contributed by atoms with Crippen LogP contribution < -0.4 is 15.8 Å². The summed E-state index contributed by atoms with van der Waals surface area (Å²) in [4.78, 5) is 12.9. The number of rotatable bonds is 6. The molecule has 4 rings (SSSR count). The number of aryl methyl sites for hydroxylation is 1. The summed E-state index contributed by atoms with van der Waals surface area (Å²) in [6.45, 7) is 2.28. The molecule has 0 spiro atoms. The minimum absolute atomic E-state index is 0.171.